The van der Waals surface area contributed by atoms with Crippen LogP contribution < -0.4 is 5.32 Å². The number of benzene rings is 1. The monoisotopic (exact) mass is 360 g/mol. The molecule has 0 spiro atoms. The van der Waals surface area contributed by atoms with Crippen LogP contribution in [0.4, 0.5) is 4.79 Å². The average Bonchev–Trinajstić information content (AvgIpc) is 2.86. The first-order valence-electron chi connectivity index (χ1n) is 8.72. The van der Waals surface area contributed by atoms with Crippen molar-refractivity contribution in [2.45, 2.75) is 65.2 Å². The lowest BCUT2D eigenvalue weighted by atomic mass is 10.0. The molecule has 0 aliphatic heterocycles. The number of para-hydroxylation sites is 1. The van der Waals surface area contributed by atoms with E-state index in [0.29, 0.717) is 6.42 Å². The molecule has 1 atom stereocenters. The summed E-state index contributed by atoms with van der Waals surface area (Å²) in [6.07, 6.45) is 1.50. The van der Waals surface area contributed by atoms with Crippen LogP contribution in [0.25, 0.3) is 10.9 Å². The molecular weight excluding hydrogens is 332 g/mol. The van der Waals surface area contributed by atoms with Crippen LogP contribution in [0.2, 0.25) is 0 Å². The Morgan fingerprint density at radius 3 is 2.27 bits per heavy atom. The molecule has 1 aromatic heterocycles. The Balaban J connectivity index is 2.22. The molecule has 0 saturated carbocycles. The summed E-state index contributed by atoms with van der Waals surface area (Å²) in [5, 5.41) is 3.66. The third kappa shape index (κ3) is 5.79. The molecule has 0 fully saturated rings. The fraction of sp³-hybridized carbons (Fsp3) is 0.500. The van der Waals surface area contributed by atoms with Gasteiger partial charge in [0.25, 0.3) is 0 Å². The van der Waals surface area contributed by atoms with E-state index in [9.17, 15) is 9.59 Å². The Kier molecular flexibility index (Phi) is 5.64. The van der Waals surface area contributed by atoms with E-state index in [1.165, 1.54) is 0 Å². The molecule has 0 radical (unpaired) electrons. The number of fused-ring (bicyclic) bond motifs is 1. The van der Waals surface area contributed by atoms with E-state index in [2.05, 4.69) is 10.3 Å². The number of rotatable bonds is 4. The Labute approximate surface area is 154 Å². The average molecular weight is 360 g/mol. The van der Waals surface area contributed by atoms with E-state index in [4.69, 9.17) is 9.47 Å². The van der Waals surface area contributed by atoms with E-state index in [-0.39, 0.29) is 0 Å². The van der Waals surface area contributed by atoms with Gasteiger partial charge in [-0.1, -0.05) is 18.2 Å². The van der Waals surface area contributed by atoms with Gasteiger partial charge in [0.1, 0.15) is 17.2 Å². The minimum atomic E-state index is -0.844. The van der Waals surface area contributed by atoms with Gasteiger partial charge in [-0.3, -0.25) is 0 Å². The minimum absolute atomic E-state index is 0.304. The van der Waals surface area contributed by atoms with E-state index in [1.807, 2.05) is 30.5 Å². The smallest absolute Gasteiger partial charge is 0.408 e. The first-order valence-corrected chi connectivity index (χ1v) is 8.72. The highest BCUT2D eigenvalue weighted by Gasteiger charge is 2.29. The molecule has 142 valence electrons. The molecule has 0 aliphatic carbocycles. The quantitative estimate of drug-likeness (QED) is 0.809. The van der Waals surface area contributed by atoms with Crippen LogP contribution in [-0.2, 0) is 20.7 Å². The van der Waals surface area contributed by atoms with Crippen molar-refractivity contribution in [2.24, 2.45) is 0 Å². The zero-order chi connectivity index (χ0) is 19.5. The molecule has 1 heterocycles. The summed E-state index contributed by atoms with van der Waals surface area (Å²) in [4.78, 5) is 28.0. The van der Waals surface area contributed by atoms with Crippen LogP contribution in [0.5, 0.6) is 0 Å². The highest BCUT2D eigenvalue weighted by molar-refractivity contribution is 5.86. The lowest BCUT2D eigenvalue weighted by molar-refractivity contribution is -0.157. The minimum Gasteiger partial charge on any atom is -0.458 e. The van der Waals surface area contributed by atoms with Gasteiger partial charge in [-0.25, -0.2) is 9.59 Å². The Morgan fingerprint density at radius 2 is 1.65 bits per heavy atom. The van der Waals surface area contributed by atoms with Crippen molar-refractivity contribution in [3.63, 3.8) is 0 Å². The summed E-state index contributed by atoms with van der Waals surface area (Å²) in [7, 11) is 0. The predicted octanol–water partition coefficient (Wildman–Crippen LogP) is 3.95. The first kappa shape index (κ1) is 19.8. The first-order chi connectivity index (χ1) is 11.9. The third-order valence-electron chi connectivity index (χ3n) is 3.48. The Bertz CT molecular complexity index is 781. The summed E-state index contributed by atoms with van der Waals surface area (Å²) in [5.74, 6) is -0.492. The molecular formula is C20H28N2O4. The van der Waals surface area contributed by atoms with Crippen LogP contribution in [0.15, 0.2) is 30.5 Å². The second-order valence-electron chi connectivity index (χ2n) is 8.30. The van der Waals surface area contributed by atoms with E-state index >= 15 is 0 Å². The number of aromatic amines is 1. The zero-order valence-electron chi connectivity index (χ0n) is 16.3. The maximum Gasteiger partial charge on any atom is 0.408 e. The standard InChI is InChI=1S/C20H28N2O4/c1-19(2,3)25-17(23)16(22-18(24)26-20(4,5)6)11-13-12-21-15-10-8-7-9-14(13)15/h7-10,12,16,21H,11H2,1-6H3,(H,22,24)/t16-/m0/s1. The molecule has 0 bridgehead atoms. The molecule has 0 unspecified atom stereocenters. The molecule has 2 aromatic rings. The number of carbonyl (C=O) groups is 2. The fourth-order valence-corrected chi connectivity index (χ4v) is 2.54. The van der Waals surface area contributed by atoms with Gasteiger partial charge in [0.2, 0.25) is 0 Å². The number of esters is 1. The number of aromatic nitrogens is 1. The number of hydrogen-bond donors (Lipinski definition) is 2. The van der Waals surface area contributed by atoms with Crippen molar-refractivity contribution in [1.29, 1.82) is 0 Å². The maximum absolute atomic E-state index is 12.6. The highest BCUT2D eigenvalue weighted by Crippen LogP contribution is 2.20. The topological polar surface area (TPSA) is 80.4 Å². The number of carbonyl (C=O) groups excluding carboxylic acids is 2. The molecule has 0 saturated heterocycles. The maximum atomic E-state index is 12.6. The van der Waals surface area contributed by atoms with Gasteiger partial charge >= 0.3 is 12.1 Å². The molecule has 1 aromatic carbocycles. The molecule has 6 heteroatoms. The number of alkyl carbamates (subject to hydrolysis) is 1. The number of H-pyrrole nitrogens is 1. The second kappa shape index (κ2) is 7.40. The normalized spacial score (nSPS) is 13.3. The number of hydrogen-bond acceptors (Lipinski definition) is 4. The van der Waals surface area contributed by atoms with Gasteiger partial charge in [0.15, 0.2) is 0 Å². The van der Waals surface area contributed by atoms with Gasteiger partial charge in [0.05, 0.1) is 0 Å². The Morgan fingerprint density at radius 1 is 1.04 bits per heavy atom. The summed E-state index contributed by atoms with van der Waals surface area (Å²) in [6.45, 7) is 10.7. The van der Waals surface area contributed by atoms with Gasteiger partial charge < -0.3 is 19.8 Å². The molecule has 2 rings (SSSR count). The second-order valence-corrected chi connectivity index (χ2v) is 8.30. The van der Waals surface area contributed by atoms with Crippen LogP contribution >= 0.6 is 0 Å². The molecule has 0 aliphatic rings. The molecule has 6 nitrogen and oxygen atoms in total. The van der Waals surface area contributed by atoms with E-state index in [0.717, 1.165) is 16.5 Å². The third-order valence-corrected chi connectivity index (χ3v) is 3.48. The van der Waals surface area contributed by atoms with Crippen LogP contribution in [0.3, 0.4) is 0 Å². The fourth-order valence-electron chi connectivity index (χ4n) is 2.54. The SMILES string of the molecule is CC(C)(C)OC(=O)N[C@@H](Cc1c[nH]c2ccccc12)C(=O)OC(C)(C)C. The summed E-state index contributed by atoms with van der Waals surface area (Å²) >= 11 is 0. The summed E-state index contributed by atoms with van der Waals surface area (Å²) in [6, 6.07) is 6.96. The van der Waals surface area contributed by atoms with Crippen molar-refractivity contribution < 1.29 is 19.1 Å². The summed E-state index contributed by atoms with van der Waals surface area (Å²) in [5.41, 5.74) is 0.601. The van der Waals surface area contributed by atoms with E-state index in [1.54, 1.807) is 41.5 Å². The molecule has 1 amide bonds. The largest absolute Gasteiger partial charge is 0.458 e. The van der Waals surface area contributed by atoms with Crippen LogP contribution in [-0.4, -0.2) is 34.3 Å². The lowest BCUT2D eigenvalue weighted by Crippen LogP contribution is -2.47. The number of ether oxygens (including phenoxy) is 2. The Hall–Kier alpha value is -2.50. The lowest BCUT2D eigenvalue weighted by Gasteiger charge is -2.26. The van der Waals surface area contributed by atoms with Gasteiger partial charge in [0, 0.05) is 23.5 Å². The zero-order valence-corrected chi connectivity index (χ0v) is 16.3. The molecule has 26 heavy (non-hydrogen) atoms. The highest BCUT2D eigenvalue weighted by atomic mass is 16.6. The van der Waals surface area contributed by atoms with Gasteiger partial charge in [-0.15, -0.1) is 0 Å². The van der Waals surface area contributed by atoms with Crippen molar-refractivity contribution in [1.82, 2.24) is 10.3 Å². The number of nitrogens with one attached hydrogen (secondary N) is 2. The van der Waals surface area contributed by atoms with Crippen molar-refractivity contribution in [3.05, 3.63) is 36.0 Å². The van der Waals surface area contributed by atoms with Gasteiger partial charge in [-0.05, 0) is 53.2 Å². The van der Waals surface area contributed by atoms with Crippen LogP contribution in [0.1, 0.15) is 47.1 Å². The summed E-state index contributed by atoms with van der Waals surface area (Å²) < 4.78 is 10.8. The van der Waals surface area contributed by atoms with Crippen molar-refractivity contribution in [2.75, 3.05) is 0 Å². The molecule has 2 N–H and O–H groups in total. The predicted molar refractivity (Wildman–Crippen MR) is 101 cm³/mol. The van der Waals surface area contributed by atoms with Crippen LogP contribution in [0, 0.1) is 0 Å². The van der Waals surface area contributed by atoms with Crippen molar-refractivity contribution >= 4 is 23.0 Å². The van der Waals surface area contributed by atoms with Gasteiger partial charge in [-0.2, -0.15) is 0 Å². The van der Waals surface area contributed by atoms with Crippen molar-refractivity contribution in [3.8, 4) is 0 Å². The van der Waals surface area contributed by atoms with E-state index < -0.39 is 29.3 Å². The number of amides is 1.